The summed E-state index contributed by atoms with van der Waals surface area (Å²) in [5, 5.41) is 6.06. The van der Waals surface area contributed by atoms with Crippen molar-refractivity contribution >= 4 is 17.7 Å². The van der Waals surface area contributed by atoms with Crippen LogP contribution >= 0.6 is 11.8 Å². The Labute approximate surface area is 85.0 Å². The summed E-state index contributed by atoms with van der Waals surface area (Å²) in [6.07, 6.45) is 2.61. The summed E-state index contributed by atoms with van der Waals surface area (Å²) in [4.78, 5) is 11.1. The molecule has 0 aliphatic rings. The second-order valence-corrected chi connectivity index (χ2v) is 4.19. The third-order valence-electron chi connectivity index (χ3n) is 1.53. The topological polar surface area (TPSA) is 41.1 Å². The zero-order valence-corrected chi connectivity index (χ0v) is 9.54. The van der Waals surface area contributed by atoms with Crippen LogP contribution in [0, 0.1) is 0 Å². The highest BCUT2D eigenvalue weighted by Gasteiger charge is 1.99. The number of carbonyl (C=O) groups excluding carboxylic acids is 1. The van der Waals surface area contributed by atoms with Gasteiger partial charge < -0.3 is 10.6 Å². The van der Waals surface area contributed by atoms with E-state index in [9.17, 15) is 4.79 Å². The molecule has 0 aromatic carbocycles. The Morgan fingerprint density at radius 3 is 2.62 bits per heavy atom. The summed E-state index contributed by atoms with van der Waals surface area (Å²) >= 11 is 1.74. The quantitative estimate of drug-likeness (QED) is 0.604. The zero-order valence-electron chi connectivity index (χ0n) is 8.72. The van der Waals surface area contributed by atoms with E-state index >= 15 is 0 Å². The number of rotatable bonds is 7. The van der Waals surface area contributed by atoms with Crippen LogP contribution in [0.1, 0.15) is 20.3 Å². The molecule has 0 aliphatic heterocycles. The van der Waals surface area contributed by atoms with Gasteiger partial charge in [-0.1, -0.05) is 13.8 Å². The maximum atomic E-state index is 11.1. The van der Waals surface area contributed by atoms with Gasteiger partial charge in [-0.05, 0) is 6.26 Å². The van der Waals surface area contributed by atoms with E-state index in [1.807, 2.05) is 6.26 Å². The Morgan fingerprint density at radius 2 is 2.08 bits per heavy atom. The molecule has 0 atom stereocenters. The maximum absolute atomic E-state index is 11.1. The first-order chi connectivity index (χ1) is 6.16. The van der Waals surface area contributed by atoms with Crippen LogP contribution in [-0.2, 0) is 4.79 Å². The van der Waals surface area contributed by atoms with E-state index in [-0.39, 0.29) is 5.91 Å². The second kappa shape index (κ2) is 8.38. The van der Waals surface area contributed by atoms with Crippen molar-refractivity contribution in [2.45, 2.75) is 26.3 Å². The number of nitrogens with one attached hydrogen (secondary N) is 2. The molecule has 0 spiro atoms. The van der Waals surface area contributed by atoms with Gasteiger partial charge in [-0.25, -0.2) is 0 Å². The molecule has 0 radical (unpaired) electrons. The third-order valence-corrected chi connectivity index (χ3v) is 2.15. The zero-order chi connectivity index (χ0) is 10.1. The summed E-state index contributed by atoms with van der Waals surface area (Å²) in [6, 6.07) is 0.457. The van der Waals surface area contributed by atoms with Gasteiger partial charge in [0, 0.05) is 31.3 Å². The van der Waals surface area contributed by atoms with E-state index in [1.165, 1.54) is 0 Å². The summed E-state index contributed by atoms with van der Waals surface area (Å²) in [6.45, 7) is 5.70. The molecule has 0 aliphatic carbocycles. The van der Waals surface area contributed by atoms with Crippen LogP contribution in [0.25, 0.3) is 0 Å². The molecule has 0 saturated carbocycles. The van der Waals surface area contributed by atoms with Crippen LogP contribution in [0.3, 0.4) is 0 Å². The van der Waals surface area contributed by atoms with Crippen molar-refractivity contribution in [2.24, 2.45) is 0 Å². The largest absolute Gasteiger partial charge is 0.355 e. The van der Waals surface area contributed by atoms with Crippen LogP contribution in [0.4, 0.5) is 0 Å². The molecule has 0 saturated heterocycles. The molecule has 2 N–H and O–H groups in total. The van der Waals surface area contributed by atoms with Crippen molar-refractivity contribution in [1.82, 2.24) is 10.6 Å². The number of amides is 1. The van der Waals surface area contributed by atoms with Gasteiger partial charge in [-0.15, -0.1) is 0 Å². The maximum Gasteiger partial charge on any atom is 0.221 e. The number of hydrogen-bond donors (Lipinski definition) is 2. The van der Waals surface area contributed by atoms with Crippen LogP contribution in [0.15, 0.2) is 0 Å². The molecular formula is C9H20N2OS. The summed E-state index contributed by atoms with van der Waals surface area (Å²) in [5.74, 6) is 1.13. The smallest absolute Gasteiger partial charge is 0.221 e. The minimum absolute atomic E-state index is 0.141. The first-order valence-electron chi connectivity index (χ1n) is 4.66. The van der Waals surface area contributed by atoms with Gasteiger partial charge in [-0.3, -0.25) is 4.79 Å². The third kappa shape index (κ3) is 9.70. The molecule has 0 unspecified atom stereocenters. The number of carbonyl (C=O) groups is 1. The lowest BCUT2D eigenvalue weighted by molar-refractivity contribution is -0.120. The number of hydrogen-bond acceptors (Lipinski definition) is 3. The van der Waals surface area contributed by atoms with Crippen molar-refractivity contribution < 1.29 is 4.79 Å². The Balaban J connectivity index is 3.20. The summed E-state index contributed by atoms with van der Waals surface area (Å²) in [5.41, 5.74) is 0. The average molecular weight is 204 g/mol. The van der Waals surface area contributed by atoms with E-state index in [0.29, 0.717) is 12.5 Å². The lowest BCUT2D eigenvalue weighted by Gasteiger charge is -2.07. The van der Waals surface area contributed by atoms with Gasteiger partial charge >= 0.3 is 0 Å². The van der Waals surface area contributed by atoms with Crippen LogP contribution in [0.2, 0.25) is 0 Å². The molecule has 3 nitrogen and oxygen atoms in total. The molecule has 0 heterocycles. The SMILES string of the molecule is CSCCNC(=O)CCNC(C)C. The second-order valence-electron chi connectivity index (χ2n) is 3.20. The first kappa shape index (κ1) is 12.8. The fourth-order valence-corrected chi connectivity index (χ4v) is 1.16. The predicted octanol–water partition coefficient (Wildman–Crippen LogP) is 0.854. The van der Waals surface area contributed by atoms with Gasteiger partial charge in [0.1, 0.15) is 0 Å². The summed E-state index contributed by atoms with van der Waals surface area (Å²) in [7, 11) is 0. The highest BCUT2D eigenvalue weighted by molar-refractivity contribution is 7.98. The van der Waals surface area contributed by atoms with E-state index in [1.54, 1.807) is 11.8 Å². The Kier molecular flexibility index (Phi) is 8.24. The molecular weight excluding hydrogens is 184 g/mol. The Hall–Kier alpha value is -0.220. The van der Waals surface area contributed by atoms with Crippen LogP contribution in [0.5, 0.6) is 0 Å². The minimum Gasteiger partial charge on any atom is -0.355 e. The van der Waals surface area contributed by atoms with Crippen molar-refractivity contribution in [2.75, 3.05) is 25.1 Å². The van der Waals surface area contributed by atoms with E-state index in [0.717, 1.165) is 18.8 Å². The predicted molar refractivity (Wildman–Crippen MR) is 59.1 cm³/mol. The summed E-state index contributed by atoms with van der Waals surface area (Å²) < 4.78 is 0. The molecule has 1 amide bonds. The standard InChI is InChI=1S/C9H20N2OS/c1-8(2)10-5-4-9(12)11-6-7-13-3/h8,10H,4-7H2,1-3H3,(H,11,12). The average Bonchev–Trinajstić information content (AvgIpc) is 2.04. The fraction of sp³-hybridized carbons (Fsp3) is 0.889. The van der Waals surface area contributed by atoms with Gasteiger partial charge in [0.15, 0.2) is 0 Å². The van der Waals surface area contributed by atoms with E-state index in [4.69, 9.17) is 0 Å². The molecule has 0 rings (SSSR count). The highest BCUT2D eigenvalue weighted by Crippen LogP contribution is 1.88. The molecule has 0 fully saturated rings. The number of thioether (sulfide) groups is 1. The molecule has 13 heavy (non-hydrogen) atoms. The van der Waals surface area contributed by atoms with E-state index < -0.39 is 0 Å². The fourth-order valence-electron chi connectivity index (χ4n) is 0.855. The Morgan fingerprint density at radius 1 is 1.38 bits per heavy atom. The first-order valence-corrected chi connectivity index (χ1v) is 6.05. The van der Waals surface area contributed by atoms with Crippen molar-refractivity contribution in [3.63, 3.8) is 0 Å². The van der Waals surface area contributed by atoms with Gasteiger partial charge in [0.05, 0.1) is 0 Å². The highest BCUT2D eigenvalue weighted by atomic mass is 32.2. The Bertz CT molecular complexity index is 140. The van der Waals surface area contributed by atoms with E-state index in [2.05, 4.69) is 24.5 Å². The molecule has 0 aromatic heterocycles. The normalized spacial score (nSPS) is 10.5. The molecule has 0 aromatic rings. The van der Waals surface area contributed by atoms with Crippen molar-refractivity contribution in [3.05, 3.63) is 0 Å². The monoisotopic (exact) mass is 204 g/mol. The van der Waals surface area contributed by atoms with Crippen LogP contribution in [-0.4, -0.2) is 37.0 Å². The van der Waals surface area contributed by atoms with Crippen LogP contribution < -0.4 is 10.6 Å². The molecule has 0 bridgehead atoms. The lowest BCUT2D eigenvalue weighted by atomic mass is 10.3. The van der Waals surface area contributed by atoms with Gasteiger partial charge in [0.2, 0.25) is 5.91 Å². The molecule has 78 valence electrons. The van der Waals surface area contributed by atoms with Gasteiger partial charge in [0.25, 0.3) is 0 Å². The minimum atomic E-state index is 0.141. The van der Waals surface area contributed by atoms with Crippen molar-refractivity contribution in [1.29, 1.82) is 0 Å². The molecule has 4 heteroatoms. The van der Waals surface area contributed by atoms with Crippen molar-refractivity contribution in [3.8, 4) is 0 Å². The van der Waals surface area contributed by atoms with Gasteiger partial charge in [-0.2, -0.15) is 11.8 Å². The lowest BCUT2D eigenvalue weighted by Crippen LogP contribution is -2.31.